The fourth-order valence-electron chi connectivity index (χ4n) is 2.37. The van der Waals surface area contributed by atoms with E-state index in [1.807, 2.05) is 30.3 Å². The number of halogens is 1. The molecule has 0 N–H and O–H groups in total. The summed E-state index contributed by atoms with van der Waals surface area (Å²) in [5.41, 5.74) is 1.57. The number of hydrogen-bond donors (Lipinski definition) is 0. The molecule has 0 spiro atoms. The lowest BCUT2D eigenvalue weighted by atomic mass is 9.96. The van der Waals surface area contributed by atoms with Crippen LogP contribution in [0.2, 0.25) is 0 Å². The average molecular weight is 307 g/mol. The van der Waals surface area contributed by atoms with Crippen LogP contribution in [0.5, 0.6) is 0 Å². The highest BCUT2D eigenvalue weighted by molar-refractivity contribution is 6.32. The van der Waals surface area contributed by atoms with E-state index in [4.69, 9.17) is 11.6 Å². The quantitative estimate of drug-likeness (QED) is 0.273. The van der Waals surface area contributed by atoms with E-state index in [1.54, 1.807) is 0 Å². The largest absolute Gasteiger partial charge is 0.289 e. The number of hydrogen-bond acceptors (Lipinski definition) is 1. The van der Waals surface area contributed by atoms with Crippen LogP contribution in [0.1, 0.15) is 75.6 Å². The molecule has 21 heavy (non-hydrogen) atoms. The fourth-order valence-corrected chi connectivity index (χ4v) is 2.68. The molecule has 0 bridgehead atoms. The normalized spacial score (nSPS) is 12.1. The maximum atomic E-state index is 12.7. The molecule has 1 nitrogen and oxygen atoms in total. The Morgan fingerprint density at radius 3 is 2.05 bits per heavy atom. The van der Waals surface area contributed by atoms with Crippen LogP contribution in [-0.2, 0) is 0 Å². The van der Waals surface area contributed by atoms with Gasteiger partial charge in [0.15, 0.2) is 5.78 Å². The molecule has 0 aliphatic heterocycles. The SMILES string of the molecule is CCCCC/C(Cl)=C(\CCCCC)C(=O)c1ccccc1. The lowest BCUT2D eigenvalue weighted by Crippen LogP contribution is -2.06. The zero-order valence-corrected chi connectivity index (χ0v) is 14.1. The van der Waals surface area contributed by atoms with E-state index in [2.05, 4.69) is 13.8 Å². The minimum absolute atomic E-state index is 0.105. The number of ketones is 1. The van der Waals surface area contributed by atoms with Gasteiger partial charge in [-0.1, -0.05) is 81.5 Å². The van der Waals surface area contributed by atoms with E-state index in [-0.39, 0.29) is 5.78 Å². The minimum Gasteiger partial charge on any atom is -0.289 e. The van der Waals surface area contributed by atoms with Gasteiger partial charge in [-0.3, -0.25) is 4.79 Å². The Kier molecular flexibility index (Phi) is 9.09. The number of carbonyl (C=O) groups is 1. The summed E-state index contributed by atoms with van der Waals surface area (Å²) in [6.45, 7) is 4.35. The Balaban J connectivity index is 2.84. The van der Waals surface area contributed by atoms with Gasteiger partial charge in [0, 0.05) is 16.2 Å². The monoisotopic (exact) mass is 306 g/mol. The number of rotatable bonds is 10. The second kappa shape index (κ2) is 10.6. The van der Waals surface area contributed by atoms with Crippen LogP contribution in [0.4, 0.5) is 0 Å². The third kappa shape index (κ3) is 6.48. The molecule has 0 radical (unpaired) electrons. The summed E-state index contributed by atoms with van der Waals surface area (Å²) in [5.74, 6) is 0.105. The summed E-state index contributed by atoms with van der Waals surface area (Å²) in [7, 11) is 0. The number of benzene rings is 1. The van der Waals surface area contributed by atoms with Crippen LogP contribution in [-0.4, -0.2) is 5.78 Å². The number of Topliss-reactive ketones (excluding diaryl/α,β-unsaturated/α-hetero) is 1. The van der Waals surface area contributed by atoms with Crippen molar-refractivity contribution in [1.29, 1.82) is 0 Å². The van der Waals surface area contributed by atoms with Crippen molar-refractivity contribution in [3.63, 3.8) is 0 Å². The van der Waals surface area contributed by atoms with Gasteiger partial charge in [0.05, 0.1) is 0 Å². The first-order valence-corrected chi connectivity index (χ1v) is 8.55. The number of carbonyl (C=O) groups excluding carboxylic acids is 1. The first-order chi connectivity index (χ1) is 10.2. The Bertz CT molecular complexity index is 448. The summed E-state index contributed by atoms with van der Waals surface area (Å²) < 4.78 is 0. The highest BCUT2D eigenvalue weighted by Crippen LogP contribution is 2.25. The van der Waals surface area contributed by atoms with Crippen LogP contribution in [0.15, 0.2) is 40.9 Å². The number of unbranched alkanes of at least 4 members (excludes halogenated alkanes) is 4. The summed E-state index contributed by atoms with van der Waals surface area (Å²) >= 11 is 6.47. The first-order valence-electron chi connectivity index (χ1n) is 8.18. The van der Waals surface area contributed by atoms with Gasteiger partial charge < -0.3 is 0 Å². The Morgan fingerprint density at radius 2 is 1.48 bits per heavy atom. The molecule has 0 unspecified atom stereocenters. The second-order valence-corrected chi connectivity index (χ2v) is 5.95. The predicted molar refractivity (Wildman–Crippen MR) is 91.9 cm³/mol. The van der Waals surface area contributed by atoms with Crippen LogP contribution in [0.3, 0.4) is 0 Å². The van der Waals surface area contributed by atoms with E-state index < -0.39 is 0 Å². The molecule has 0 heterocycles. The Morgan fingerprint density at radius 1 is 0.905 bits per heavy atom. The topological polar surface area (TPSA) is 17.1 Å². The molecular formula is C19H27ClO. The first kappa shape index (κ1) is 18.0. The summed E-state index contributed by atoms with van der Waals surface area (Å²) in [6, 6.07) is 9.49. The van der Waals surface area contributed by atoms with Gasteiger partial charge in [-0.05, 0) is 25.7 Å². The molecule has 0 aromatic heterocycles. The van der Waals surface area contributed by atoms with E-state index in [9.17, 15) is 4.79 Å². The highest BCUT2D eigenvalue weighted by atomic mass is 35.5. The van der Waals surface area contributed by atoms with Crippen molar-refractivity contribution in [1.82, 2.24) is 0 Å². The Labute approximate surface area is 134 Å². The van der Waals surface area contributed by atoms with Crippen LogP contribution in [0, 0.1) is 0 Å². The predicted octanol–water partition coefficient (Wildman–Crippen LogP) is 6.52. The van der Waals surface area contributed by atoms with Crippen molar-refractivity contribution in [2.45, 2.75) is 65.2 Å². The maximum absolute atomic E-state index is 12.7. The van der Waals surface area contributed by atoms with Crippen molar-refractivity contribution in [3.8, 4) is 0 Å². The summed E-state index contributed by atoms with van der Waals surface area (Å²) in [6.07, 6.45) is 8.36. The van der Waals surface area contributed by atoms with Gasteiger partial charge in [-0.2, -0.15) is 0 Å². The molecule has 0 amide bonds. The molecule has 2 heteroatoms. The maximum Gasteiger partial charge on any atom is 0.190 e. The Hall–Kier alpha value is -1.08. The molecule has 0 aliphatic carbocycles. The van der Waals surface area contributed by atoms with E-state index in [1.165, 1.54) is 6.42 Å². The third-order valence-electron chi connectivity index (χ3n) is 3.67. The van der Waals surface area contributed by atoms with Crippen LogP contribution >= 0.6 is 11.6 Å². The van der Waals surface area contributed by atoms with Gasteiger partial charge in [-0.15, -0.1) is 0 Å². The minimum atomic E-state index is 0.105. The molecule has 0 saturated carbocycles. The standard InChI is InChI=1S/C19H27ClO/c1-3-5-8-14-17(18(20)15-9-6-4-2)19(21)16-12-10-7-11-13-16/h7,10-13H,3-6,8-9,14-15H2,1-2H3/b18-17-. The molecule has 1 rings (SSSR count). The molecule has 0 atom stereocenters. The molecule has 0 aliphatic rings. The molecule has 0 fully saturated rings. The average Bonchev–Trinajstić information content (AvgIpc) is 2.52. The van der Waals surface area contributed by atoms with E-state index in [0.717, 1.165) is 61.1 Å². The third-order valence-corrected chi connectivity index (χ3v) is 4.08. The lowest BCUT2D eigenvalue weighted by molar-refractivity contribution is 0.102. The van der Waals surface area contributed by atoms with Crippen molar-refractivity contribution in [3.05, 3.63) is 46.5 Å². The summed E-state index contributed by atoms with van der Waals surface area (Å²) in [5, 5.41) is 0.772. The smallest absolute Gasteiger partial charge is 0.190 e. The molecule has 116 valence electrons. The fraction of sp³-hybridized carbons (Fsp3) is 0.526. The van der Waals surface area contributed by atoms with Gasteiger partial charge >= 0.3 is 0 Å². The van der Waals surface area contributed by atoms with Gasteiger partial charge in [-0.25, -0.2) is 0 Å². The molecular weight excluding hydrogens is 280 g/mol. The van der Waals surface area contributed by atoms with Crippen molar-refractivity contribution < 1.29 is 4.79 Å². The molecule has 1 aromatic rings. The summed E-state index contributed by atoms with van der Waals surface area (Å²) in [4.78, 5) is 12.7. The van der Waals surface area contributed by atoms with Gasteiger partial charge in [0.25, 0.3) is 0 Å². The molecule has 0 saturated heterocycles. The zero-order valence-electron chi connectivity index (χ0n) is 13.3. The van der Waals surface area contributed by atoms with Crippen molar-refractivity contribution >= 4 is 17.4 Å². The second-order valence-electron chi connectivity index (χ2n) is 5.49. The van der Waals surface area contributed by atoms with E-state index >= 15 is 0 Å². The van der Waals surface area contributed by atoms with Gasteiger partial charge in [0.1, 0.15) is 0 Å². The van der Waals surface area contributed by atoms with Crippen molar-refractivity contribution in [2.24, 2.45) is 0 Å². The zero-order chi connectivity index (χ0) is 15.5. The van der Waals surface area contributed by atoms with Crippen molar-refractivity contribution in [2.75, 3.05) is 0 Å². The van der Waals surface area contributed by atoms with Gasteiger partial charge in [0.2, 0.25) is 0 Å². The highest BCUT2D eigenvalue weighted by Gasteiger charge is 2.15. The van der Waals surface area contributed by atoms with E-state index in [0.29, 0.717) is 0 Å². The molecule has 1 aromatic carbocycles. The lowest BCUT2D eigenvalue weighted by Gasteiger charge is -2.10. The van der Waals surface area contributed by atoms with Crippen LogP contribution < -0.4 is 0 Å². The van der Waals surface area contributed by atoms with Crippen LogP contribution in [0.25, 0.3) is 0 Å². The number of allylic oxidation sites excluding steroid dienone is 2.